The van der Waals surface area contributed by atoms with E-state index < -0.39 is 10.8 Å². The highest BCUT2D eigenvalue weighted by atomic mass is 32.1. The Hall–Kier alpha value is -2.81. The predicted molar refractivity (Wildman–Crippen MR) is 93.8 cm³/mol. The molecule has 2 heterocycles. The molecule has 0 bridgehead atoms. The van der Waals surface area contributed by atoms with Crippen LogP contribution in [0.4, 0.5) is 15.8 Å². The van der Waals surface area contributed by atoms with Gasteiger partial charge in [-0.25, -0.2) is 4.98 Å². The van der Waals surface area contributed by atoms with Crippen molar-refractivity contribution in [2.24, 2.45) is 5.92 Å². The highest BCUT2D eigenvalue weighted by Gasteiger charge is 2.36. The fraction of sp³-hybridized carbons (Fsp3) is 0.312. The van der Waals surface area contributed by atoms with E-state index in [2.05, 4.69) is 10.3 Å². The summed E-state index contributed by atoms with van der Waals surface area (Å²) in [4.78, 5) is 40.2. The molecule has 3 rings (SSSR count). The van der Waals surface area contributed by atoms with Gasteiger partial charge in [-0.05, 0) is 36.8 Å². The van der Waals surface area contributed by atoms with Crippen LogP contribution in [0.25, 0.3) is 0 Å². The number of thiazole rings is 1. The lowest BCUT2D eigenvalue weighted by Crippen LogP contribution is -2.28. The lowest BCUT2D eigenvalue weighted by Gasteiger charge is -2.19. The Bertz CT molecular complexity index is 864. The van der Waals surface area contributed by atoms with Crippen molar-refractivity contribution in [3.05, 3.63) is 45.6 Å². The van der Waals surface area contributed by atoms with E-state index in [1.54, 1.807) is 4.90 Å². The number of carbonyl (C=O) groups is 2. The molecule has 2 amide bonds. The third-order valence-corrected chi connectivity index (χ3v) is 4.91. The van der Waals surface area contributed by atoms with E-state index in [0.29, 0.717) is 0 Å². The SMILES string of the molecule is Cc1ccc(N2CC(C(=O)Nc3ncc([N+](=O)[O-])s3)CC2=O)c(C)c1. The Labute approximate surface area is 147 Å². The second-order valence-corrected chi connectivity index (χ2v) is 6.95. The average Bonchev–Trinajstić information content (AvgIpc) is 3.14. The summed E-state index contributed by atoms with van der Waals surface area (Å²) in [5.41, 5.74) is 2.88. The molecule has 1 unspecified atom stereocenters. The van der Waals surface area contributed by atoms with Gasteiger partial charge in [-0.15, -0.1) is 0 Å². The highest BCUT2D eigenvalue weighted by Crippen LogP contribution is 2.30. The van der Waals surface area contributed by atoms with E-state index in [-0.39, 0.29) is 34.9 Å². The molecule has 0 spiro atoms. The first kappa shape index (κ1) is 17.0. The van der Waals surface area contributed by atoms with Crippen molar-refractivity contribution in [2.45, 2.75) is 20.3 Å². The molecule has 1 atom stereocenters. The Morgan fingerprint density at radius 3 is 2.84 bits per heavy atom. The number of nitro groups is 1. The van der Waals surface area contributed by atoms with Gasteiger partial charge < -0.3 is 10.2 Å². The summed E-state index contributed by atoms with van der Waals surface area (Å²) in [5.74, 6) is -0.988. The van der Waals surface area contributed by atoms with E-state index >= 15 is 0 Å². The second kappa shape index (κ2) is 6.60. The number of aryl methyl sites for hydroxylation is 2. The van der Waals surface area contributed by atoms with Crippen LogP contribution in [0, 0.1) is 29.9 Å². The maximum absolute atomic E-state index is 12.4. The van der Waals surface area contributed by atoms with Crippen LogP contribution in [0.5, 0.6) is 0 Å². The lowest BCUT2D eigenvalue weighted by molar-refractivity contribution is -0.380. The Kier molecular flexibility index (Phi) is 4.49. The molecule has 1 saturated heterocycles. The third kappa shape index (κ3) is 3.50. The van der Waals surface area contributed by atoms with Crippen LogP contribution < -0.4 is 10.2 Å². The molecule has 9 heteroatoms. The number of carbonyl (C=O) groups excluding carboxylic acids is 2. The summed E-state index contributed by atoms with van der Waals surface area (Å²) in [6.07, 6.45) is 1.20. The summed E-state index contributed by atoms with van der Waals surface area (Å²) in [6.45, 7) is 4.19. The largest absolute Gasteiger partial charge is 0.345 e. The fourth-order valence-electron chi connectivity index (χ4n) is 2.84. The maximum Gasteiger partial charge on any atom is 0.345 e. The molecular formula is C16H16N4O4S. The monoisotopic (exact) mass is 360 g/mol. The standard InChI is InChI=1S/C16H16N4O4S/c1-9-3-4-12(10(2)5-9)19-8-11(6-13(19)21)15(22)18-16-17-7-14(25-16)20(23)24/h3-5,7,11H,6,8H2,1-2H3,(H,17,18,22). The first-order valence-corrected chi connectivity index (χ1v) is 8.45. The molecule has 1 aromatic carbocycles. The molecule has 1 aliphatic rings. The van der Waals surface area contributed by atoms with Crippen LogP contribution in [-0.4, -0.2) is 28.3 Å². The summed E-state index contributed by atoms with van der Waals surface area (Å²) >= 11 is 0.789. The van der Waals surface area contributed by atoms with Crippen molar-refractivity contribution in [1.29, 1.82) is 0 Å². The first-order chi connectivity index (χ1) is 11.8. The van der Waals surface area contributed by atoms with Gasteiger partial charge in [-0.3, -0.25) is 19.7 Å². The molecule has 1 aromatic heterocycles. The van der Waals surface area contributed by atoms with Gasteiger partial charge >= 0.3 is 5.00 Å². The van der Waals surface area contributed by atoms with Gasteiger partial charge in [0.05, 0.1) is 10.8 Å². The van der Waals surface area contributed by atoms with E-state index in [9.17, 15) is 19.7 Å². The number of hydrogen-bond donors (Lipinski definition) is 1. The summed E-state index contributed by atoms with van der Waals surface area (Å²) < 4.78 is 0. The minimum absolute atomic E-state index is 0.104. The number of amides is 2. The first-order valence-electron chi connectivity index (χ1n) is 7.64. The Balaban J connectivity index is 1.70. The van der Waals surface area contributed by atoms with Crippen LogP contribution in [0.1, 0.15) is 17.5 Å². The summed E-state index contributed by atoms with van der Waals surface area (Å²) in [5, 5.41) is 13.2. The molecule has 1 N–H and O–H groups in total. The number of hydrogen-bond acceptors (Lipinski definition) is 6. The molecule has 1 aliphatic heterocycles. The predicted octanol–water partition coefficient (Wildman–Crippen LogP) is 2.66. The lowest BCUT2D eigenvalue weighted by atomic mass is 10.1. The number of nitrogens with one attached hydrogen (secondary N) is 1. The zero-order valence-electron chi connectivity index (χ0n) is 13.7. The summed E-state index contributed by atoms with van der Waals surface area (Å²) in [6, 6.07) is 5.80. The Morgan fingerprint density at radius 2 is 2.20 bits per heavy atom. The molecule has 1 fully saturated rings. The number of anilines is 2. The quantitative estimate of drug-likeness (QED) is 0.666. The zero-order chi connectivity index (χ0) is 18.1. The zero-order valence-corrected chi connectivity index (χ0v) is 14.5. The molecule has 25 heavy (non-hydrogen) atoms. The van der Waals surface area contributed by atoms with Crippen molar-refractivity contribution in [2.75, 3.05) is 16.8 Å². The molecule has 130 valence electrons. The van der Waals surface area contributed by atoms with E-state index in [1.165, 1.54) is 0 Å². The normalized spacial score (nSPS) is 17.0. The van der Waals surface area contributed by atoms with Gasteiger partial charge in [0.2, 0.25) is 11.8 Å². The summed E-state index contributed by atoms with van der Waals surface area (Å²) in [7, 11) is 0. The number of benzene rings is 1. The Morgan fingerprint density at radius 1 is 1.44 bits per heavy atom. The number of nitrogens with zero attached hydrogens (tertiary/aromatic N) is 3. The maximum atomic E-state index is 12.4. The fourth-order valence-corrected chi connectivity index (χ4v) is 3.47. The van der Waals surface area contributed by atoms with Crippen LogP contribution in [-0.2, 0) is 9.59 Å². The van der Waals surface area contributed by atoms with Gasteiger partial charge in [0.15, 0.2) is 5.13 Å². The van der Waals surface area contributed by atoms with Crippen LogP contribution in [0.3, 0.4) is 0 Å². The van der Waals surface area contributed by atoms with E-state index in [1.807, 2.05) is 32.0 Å². The highest BCUT2D eigenvalue weighted by molar-refractivity contribution is 7.18. The molecule has 0 saturated carbocycles. The van der Waals surface area contributed by atoms with Gasteiger partial charge in [-0.1, -0.05) is 17.7 Å². The van der Waals surface area contributed by atoms with Gasteiger partial charge in [0.1, 0.15) is 6.20 Å². The van der Waals surface area contributed by atoms with Crippen molar-refractivity contribution in [1.82, 2.24) is 4.98 Å². The number of aromatic nitrogens is 1. The van der Waals surface area contributed by atoms with Crippen LogP contribution >= 0.6 is 11.3 Å². The van der Waals surface area contributed by atoms with Crippen molar-refractivity contribution >= 4 is 39.0 Å². The van der Waals surface area contributed by atoms with E-state index in [0.717, 1.165) is 34.3 Å². The van der Waals surface area contributed by atoms with Gasteiger partial charge in [0, 0.05) is 18.7 Å². The molecule has 8 nitrogen and oxygen atoms in total. The van der Waals surface area contributed by atoms with Crippen molar-refractivity contribution in [3.63, 3.8) is 0 Å². The van der Waals surface area contributed by atoms with Crippen molar-refractivity contribution < 1.29 is 14.5 Å². The third-order valence-electron chi connectivity index (χ3n) is 4.04. The minimum Gasteiger partial charge on any atom is -0.311 e. The minimum atomic E-state index is -0.561. The topological polar surface area (TPSA) is 105 Å². The molecule has 0 aliphatic carbocycles. The number of rotatable bonds is 4. The average molecular weight is 360 g/mol. The van der Waals surface area contributed by atoms with Crippen molar-refractivity contribution in [3.8, 4) is 0 Å². The smallest absolute Gasteiger partial charge is 0.311 e. The van der Waals surface area contributed by atoms with Crippen LogP contribution in [0.15, 0.2) is 24.4 Å². The molecule has 2 aromatic rings. The van der Waals surface area contributed by atoms with Crippen LogP contribution in [0.2, 0.25) is 0 Å². The van der Waals surface area contributed by atoms with Gasteiger partial charge in [0.25, 0.3) is 0 Å². The van der Waals surface area contributed by atoms with Gasteiger partial charge in [-0.2, -0.15) is 0 Å². The molecular weight excluding hydrogens is 344 g/mol. The van der Waals surface area contributed by atoms with E-state index in [4.69, 9.17) is 0 Å². The molecule has 0 radical (unpaired) electrons. The second-order valence-electron chi connectivity index (χ2n) is 5.95.